The lowest BCUT2D eigenvalue weighted by Gasteiger charge is -2.30. The molecule has 1 aromatic rings. The molecule has 24 heavy (non-hydrogen) atoms. The maximum absolute atomic E-state index is 12.0. The maximum atomic E-state index is 12.0. The highest BCUT2D eigenvalue weighted by Crippen LogP contribution is 2.25. The van der Waals surface area contributed by atoms with E-state index >= 15 is 0 Å². The number of ether oxygens (including phenoxy) is 1. The van der Waals surface area contributed by atoms with E-state index in [9.17, 15) is 9.59 Å². The summed E-state index contributed by atoms with van der Waals surface area (Å²) in [6.07, 6.45) is 4.90. The molecule has 6 nitrogen and oxygen atoms in total. The SMILES string of the molecule is COCCNC(=O)C(=O)NC[C@@H](c1ccsc1)N1CCCCCC1. The molecule has 1 fully saturated rings. The number of carbonyl (C=O) groups is 2. The Kier molecular flexibility index (Phi) is 8.21. The van der Waals surface area contributed by atoms with Crippen LogP contribution in [0.1, 0.15) is 37.3 Å². The van der Waals surface area contributed by atoms with E-state index in [4.69, 9.17) is 4.74 Å². The van der Waals surface area contributed by atoms with Crippen LogP contribution in [-0.2, 0) is 14.3 Å². The van der Waals surface area contributed by atoms with Crippen molar-refractivity contribution in [2.75, 3.05) is 39.9 Å². The van der Waals surface area contributed by atoms with Gasteiger partial charge in [-0.25, -0.2) is 0 Å². The molecule has 2 N–H and O–H groups in total. The topological polar surface area (TPSA) is 70.7 Å². The van der Waals surface area contributed by atoms with E-state index in [1.165, 1.54) is 31.2 Å². The van der Waals surface area contributed by atoms with E-state index in [1.54, 1.807) is 18.4 Å². The highest BCUT2D eigenvalue weighted by atomic mass is 32.1. The standard InChI is InChI=1S/C17H27N3O3S/c1-23-10-7-18-16(21)17(22)19-12-15(14-6-11-24-13-14)20-8-4-2-3-5-9-20/h6,11,13,15H,2-5,7-10,12H2,1H3,(H,18,21)(H,19,22)/t15-/m0/s1. The number of nitrogens with one attached hydrogen (secondary N) is 2. The van der Waals surface area contributed by atoms with Gasteiger partial charge in [0, 0.05) is 20.2 Å². The highest BCUT2D eigenvalue weighted by Gasteiger charge is 2.23. The van der Waals surface area contributed by atoms with Gasteiger partial charge in [0.25, 0.3) is 0 Å². The zero-order valence-corrected chi connectivity index (χ0v) is 15.1. The first-order valence-electron chi connectivity index (χ1n) is 8.53. The fraction of sp³-hybridized carbons (Fsp3) is 0.647. The minimum Gasteiger partial charge on any atom is -0.383 e. The van der Waals surface area contributed by atoms with Crippen LogP contribution in [0.3, 0.4) is 0 Å². The summed E-state index contributed by atoms with van der Waals surface area (Å²) in [5.41, 5.74) is 1.21. The number of nitrogens with zero attached hydrogens (tertiary/aromatic N) is 1. The largest absolute Gasteiger partial charge is 0.383 e. The van der Waals surface area contributed by atoms with E-state index in [1.807, 2.05) is 0 Å². The normalized spacial score (nSPS) is 17.0. The number of hydrogen-bond acceptors (Lipinski definition) is 5. The fourth-order valence-corrected chi connectivity index (χ4v) is 3.65. The molecule has 1 aromatic heterocycles. The van der Waals surface area contributed by atoms with Crippen LogP contribution in [-0.4, -0.2) is 56.6 Å². The molecular formula is C17H27N3O3S. The number of amides is 2. The predicted octanol–water partition coefficient (Wildman–Crippen LogP) is 1.54. The van der Waals surface area contributed by atoms with Crippen molar-refractivity contribution >= 4 is 23.2 Å². The van der Waals surface area contributed by atoms with Gasteiger partial charge in [-0.1, -0.05) is 12.8 Å². The fourth-order valence-electron chi connectivity index (χ4n) is 2.95. The number of methoxy groups -OCH3 is 1. The Morgan fingerprint density at radius 1 is 1.21 bits per heavy atom. The summed E-state index contributed by atoms with van der Waals surface area (Å²) in [4.78, 5) is 26.2. The third kappa shape index (κ3) is 5.89. The van der Waals surface area contributed by atoms with Crippen molar-refractivity contribution in [3.63, 3.8) is 0 Å². The molecule has 1 saturated heterocycles. The minimum absolute atomic E-state index is 0.130. The average Bonchev–Trinajstić information content (AvgIpc) is 2.98. The molecule has 0 radical (unpaired) electrons. The summed E-state index contributed by atoms with van der Waals surface area (Å²) in [6, 6.07) is 2.23. The summed E-state index contributed by atoms with van der Waals surface area (Å²) in [5, 5.41) is 9.51. The van der Waals surface area contributed by atoms with E-state index < -0.39 is 11.8 Å². The highest BCUT2D eigenvalue weighted by molar-refractivity contribution is 7.07. The molecule has 0 aromatic carbocycles. The zero-order chi connectivity index (χ0) is 17.2. The average molecular weight is 353 g/mol. The van der Waals surface area contributed by atoms with E-state index in [0.29, 0.717) is 19.7 Å². The van der Waals surface area contributed by atoms with Crippen LogP contribution in [0.25, 0.3) is 0 Å². The van der Waals surface area contributed by atoms with Crippen LogP contribution in [0.15, 0.2) is 16.8 Å². The summed E-state index contributed by atoms with van der Waals surface area (Å²) in [7, 11) is 1.55. The number of rotatable bonds is 7. The van der Waals surface area contributed by atoms with Crippen LogP contribution >= 0.6 is 11.3 Å². The van der Waals surface area contributed by atoms with Gasteiger partial charge >= 0.3 is 11.8 Å². The molecular weight excluding hydrogens is 326 g/mol. The molecule has 1 atom stereocenters. The van der Waals surface area contributed by atoms with Crippen molar-refractivity contribution < 1.29 is 14.3 Å². The predicted molar refractivity (Wildman–Crippen MR) is 95.0 cm³/mol. The molecule has 1 aliphatic rings. The molecule has 0 saturated carbocycles. The molecule has 7 heteroatoms. The van der Waals surface area contributed by atoms with E-state index in [-0.39, 0.29) is 6.04 Å². The summed E-state index contributed by atoms with van der Waals surface area (Å²) in [6.45, 7) is 3.26. The van der Waals surface area contributed by atoms with Crippen LogP contribution in [0.4, 0.5) is 0 Å². The zero-order valence-electron chi connectivity index (χ0n) is 14.3. The summed E-state index contributed by atoms with van der Waals surface area (Å²) in [5.74, 6) is -1.19. The smallest absolute Gasteiger partial charge is 0.309 e. The molecule has 0 bridgehead atoms. The first-order valence-corrected chi connectivity index (χ1v) is 9.47. The molecule has 2 amide bonds. The van der Waals surface area contributed by atoms with Gasteiger partial charge in [0.05, 0.1) is 12.6 Å². The summed E-state index contributed by atoms with van der Waals surface area (Å²) < 4.78 is 4.86. The lowest BCUT2D eigenvalue weighted by atomic mass is 10.1. The van der Waals surface area contributed by atoms with Crippen molar-refractivity contribution in [1.29, 1.82) is 0 Å². The molecule has 0 unspecified atom stereocenters. The van der Waals surface area contributed by atoms with Gasteiger partial charge in [0.2, 0.25) is 0 Å². The number of thiophene rings is 1. The molecule has 1 aliphatic heterocycles. The van der Waals surface area contributed by atoms with Crippen molar-refractivity contribution in [3.05, 3.63) is 22.4 Å². The van der Waals surface area contributed by atoms with Gasteiger partial charge in [0.15, 0.2) is 0 Å². The van der Waals surface area contributed by atoms with Gasteiger partial charge < -0.3 is 15.4 Å². The summed E-state index contributed by atoms with van der Waals surface area (Å²) >= 11 is 1.66. The monoisotopic (exact) mass is 353 g/mol. The Hall–Kier alpha value is -1.44. The van der Waals surface area contributed by atoms with Crippen LogP contribution < -0.4 is 10.6 Å². The second-order valence-corrected chi connectivity index (χ2v) is 6.76. The van der Waals surface area contributed by atoms with E-state index in [0.717, 1.165) is 13.1 Å². The van der Waals surface area contributed by atoms with Crippen molar-refractivity contribution in [2.24, 2.45) is 0 Å². The third-order valence-corrected chi connectivity index (χ3v) is 4.96. The van der Waals surface area contributed by atoms with Gasteiger partial charge in [0.1, 0.15) is 0 Å². The Morgan fingerprint density at radius 2 is 1.92 bits per heavy atom. The van der Waals surface area contributed by atoms with Crippen molar-refractivity contribution in [3.8, 4) is 0 Å². The van der Waals surface area contributed by atoms with Gasteiger partial charge in [-0.3, -0.25) is 14.5 Å². The quantitative estimate of drug-likeness (QED) is 0.576. The first-order chi connectivity index (χ1) is 11.7. The van der Waals surface area contributed by atoms with E-state index in [2.05, 4.69) is 32.4 Å². The molecule has 2 rings (SSSR count). The molecule has 134 valence electrons. The minimum atomic E-state index is -0.605. The second-order valence-electron chi connectivity index (χ2n) is 5.98. The van der Waals surface area contributed by atoms with Crippen LogP contribution in [0, 0.1) is 0 Å². The maximum Gasteiger partial charge on any atom is 0.309 e. The Balaban J connectivity index is 1.91. The molecule has 0 spiro atoms. The lowest BCUT2D eigenvalue weighted by Crippen LogP contribution is -2.45. The Bertz CT molecular complexity index is 499. The van der Waals surface area contributed by atoms with Crippen molar-refractivity contribution in [2.45, 2.75) is 31.7 Å². The van der Waals surface area contributed by atoms with Crippen LogP contribution in [0.5, 0.6) is 0 Å². The Morgan fingerprint density at radius 3 is 2.54 bits per heavy atom. The van der Waals surface area contributed by atoms with Crippen LogP contribution in [0.2, 0.25) is 0 Å². The molecule has 0 aliphatic carbocycles. The number of hydrogen-bond donors (Lipinski definition) is 2. The van der Waals surface area contributed by atoms with Gasteiger partial charge in [-0.2, -0.15) is 11.3 Å². The van der Waals surface area contributed by atoms with Gasteiger partial charge in [-0.15, -0.1) is 0 Å². The third-order valence-electron chi connectivity index (χ3n) is 4.26. The Labute approximate surface area is 147 Å². The van der Waals surface area contributed by atoms with Crippen molar-refractivity contribution in [1.82, 2.24) is 15.5 Å². The van der Waals surface area contributed by atoms with Gasteiger partial charge in [-0.05, 0) is 48.3 Å². The lowest BCUT2D eigenvalue weighted by molar-refractivity contribution is -0.139. The molecule has 2 heterocycles. The second kappa shape index (κ2) is 10.4. The number of carbonyl (C=O) groups excluding carboxylic acids is 2. The number of likely N-dealkylation sites (tertiary alicyclic amines) is 1. The first kappa shape index (κ1) is 18.9.